The quantitative estimate of drug-likeness (QED) is 0.565. The van der Waals surface area contributed by atoms with E-state index in [0.29, 0.717) is 0 Å². The van der Waals surface area contributed by atoms with Crippen molar-refractivity contribution in [2.75, 3.05) is 5.32 Å². The minimum Gasteiger partial charge on any atom is -0.343 e. The maximum absolute atomic E-state index is 12.7. The van der Waals surface area contributed by atoms with E-state index in [9.17, 15) is 13.2 Å². The lowest BCUT2D eigenvalue weighted by Gasteiger charge is -2.23. The number of nitrogens with one attached hydrogen (secondary N) is 2. The minimum atomic E-state index is -4.41. The van der Waals surface area contributed by atoms with E-state index in [2.05, 4.69) is 5.32 Å². The average molecular weight is 244 g/mol. The predicted molar refractivity (Wildman–Crippen MR) is 62.2 cm³/mol. The second-order valence-electron chi connectivity index (χ2n) is 4.79. The number of anilines is 1. The van der Waals surface area contributed by atoms with Gasteiger partial charge < -0.3 is 5.32 Å². The molecule has 0 bridgehead atoms. The van der Waals surface area contributed by atoms with Crippen molar-refractivity contribution in [3.63, 3.8) is 0 Å². The molecule has 0 aliphatic carbocycles. The first-order chi connectivity index (χ1) is 7.62. The van der Waals surface area contributed by atoms with Gasteiger partial charge in [-0.25, -0.2) is 0 Å². The Bertz CT molecular complexity index is 416. The number of benzene rings is 1. The third-order valence-electron chi connectivity index (χ3n) is 2.24. The molecular formula is C12H15F3N2. The number of rotatable bonds is 1. The van der Waals surface area contributed by atoms with Crippen molar-refractivity contribution in [2.24, 2.45) is 5.41 Å². The van der Waals surface area contributed by atoms with Crippen LogP contribution >= 0.6 is 0 Å². The molecule has 2 N–H and O–H groups in total. The van der Waals surface area contributed by atoms with Crippen molar-refractivity contribution in [1.29, 1.82) is 5.41 Å². The van der Waals surface area contributed by atoms with Crippen LogP contribution in [0.3, 0.4) is 0 Å². The van der Waals surface area contributed by atoms with Crippen LogP contribution in [0.25, 0.3) is 0 Å². The SMILES string of the molecule is CC(C)(C)C(=N)Nc1ccccc1C(F)(F)F. The monoisotopic (exact) mass is 244 g/mol. The molecule has 1 rings (SSSR count). The standard InChI is InChI=1S/C12H15F3N2/c1-11(2,3)10(16)17-9-7-5-4-6-8(9)12(13,14)15/h4-7H,1-3H3,(H2,16,17). The molecule has 0 aliphatic heterocycles. The highest BCUT2D eigenvalue weighted by atomic mass is 19.4. The Morgan fingerprint density at radius 3 is 2.12 bits per heavy atom. The summed E-state index contributed by atoms with van der Waals surface area (Å²) in [6.45, 7) is 5.29. The van der Waals surface area contributed by atoms with E-state index >= 15 is 0 Å². The fourth-order valence-electron chi connectivity index (χ4n) is 1.16. The number of amidine groups is 1. The molecule has 0 unspecified atom stereocenters. The van der Waals surface area contributed by atoms with Gasteiger partial charge in [0, 0.05) is 5.41 Å². The zero-order valence-electron chi connectivity index (χ0n) is 9.94. The summed E-state index contributed by atoms with van der Waals surface area (Å²) in [5, 5.41) is 10.2. The van der Waals surface area contributed by atoms with E-state index < -0.39 is 17.2 Å². The largest absolute Gasteiger partial charge is 0.418 e. The van der Waals surface area contributed by atoms with Crippen LogP contribution in [0.1, 0.15) is 26.3 Å². The summed E-state index contributed by atoms with van der Waals surface area (Å²) >= 11 is 0. The molecular weight excluding hydrogens is 229 g/mol. The van der Waals surface area contributed by atoms with Gasteiger partial charge in [-0.2, -0.15) is 13.2 Å². The maximum Gasteiger partial charge on any atom is 0.418 e. The highest BCUT2D eigenvalue weighted by Gasteiger charge is 2.33. The van der Waals surface area contributed by atoms with Crippen molar-refractivity contribution < 1.29 is 13.2 Å². The molecule has 2 nitrogen and oxygen atoms in total. The molecule has 0 radical (unpaired) electrons. The van der Waals surface area contributed by atoms with E-state index in [0.717, 1.165) is 6.07 Å². The van der Waals surface area contributed by atoms with Gasteiger partial charge in [0.15, 0.2) is 0 Å². The lowest BCUT2D eigenvalue weighted by Crippen LogP contribution is -2.28. The van der Waals surface area contributed by atoms with Crippen LogP contribution in [0.5, 0.6) is 0 Å². The van der Waals surface area contributed by atoms with Gasteiger partial charge in [0.05, 0.1) is 11.3 Å². The number of hydrogen-bond donors (Lipinski definition) is 2. The van der Waals surface area contributed by atoms with Crippen LogP contribution in [0, 0.1) is 10.8 Å². The van der Waals surface area contributed by atoms with E-state index in [1.807, 2.05) is 0 Å². The van der Waals surface area contributed by atoms with Crippen LogP contribution in [0.2, 0.25) is 0 Å². The summed E-state index contributed by atoms with van der Waals surface area (Å²) in [6, 6.07) is 5.16. The second kappa shape index (κ2) is 4.39. The van der Waals surface area contributed by atoms with Crippen LogP contribution < -0.4 is 5.32 Å². The summed E-state index contributed by atoms with van der Waals surface area (Å²) in [5.41, 5.74) is -1.35. The Morgan fingerprint density at radius 2 is 1.65 bits per heavy atom. The Hall–Kier alpha value is -1.52. The summed E-state index contributed by atoms with van der Waals surface area (Å²) in [7, 11) is 0. The van der Waals surface area contributed by atoms with Gasteiger partial charge in [-0.05, 0) is 12.1 Å². The summed E-state index contributed by atoms with van der Waals surface area (Å²) in [4.78, 5) is 0. The Balaban J connectivity index is 3.04. The fraction of sp³-hybridized carbons (Fsp3) is 0.417. The second-order valence-corrected chi connectivity index (χ2v) is 4.79. The molecule has 0 amide bonds. The highest BCUT2D eigenvalue weighted by Crippen LogP contribution is 2.35. The molecule has 1 aromatic rings. The third kappa shape index (κ3) is 3.47. The van der Waals surface area contributed by atoms with Crippen molar-refractivity contribution in [3.05, 3.63) is 29.8 Å². The van der Waals surface area contributed by atoms with Gasteiger partial charge in [-0.1, -0.05) is 32.9 Å². The van der Waals surface area contributed by atoms with Gasteiger partial charge in [0.25, 0.3) is 0 Å². The van der Waals surface area contributed by atoms with E-state index in [-0.39, 0.29) is 11.5 Å². The first-order valence-corrected chi connectivity index (χ1v) is 5.14. The fourth-order valence-corrected chi connectivity index (χ4v) is 1.16. The molecule has 5 heteroatoms. The van der Waals surface area contributed by atoms with Crippen LogP contribution in [0.4, 0.5) is 18.9 Å². The molecule has 1 aromatic carbocycles. The van der Waals surface area contributed by atoms with Gasteiger partial charge in [-0.15, -0.1) is 0 Å². The topological polar surface area (TPSA) is 35.9 Å². The number of alkyl halides is 3. The zero-order valence-corrected chi connectivity index (χ0v) is 9.94. The molecule has 0 spiro atoms. The van der Waals surface area contributed by atoms with Crippen LogP contribution in [-0.2, 0) is 6.18 Å². The predicted octanol–water partition coefficient (Wildman–Crippen LogP) is 4.14. The van der Waals surface area contributed by atoms with Gasteiger partial charge >= 0.3 is 6.18 Å². The third-order valence-corrected chi connectivity index (χ3v) is 2.24. The van der Waals surface area contributed by atoms with Crippen molar-refractivity contribution in [2.45, 2.75) is 26.9 Å². The maximum atomic E-state index is 12.7. The lowest BCUT2D eigenvalue weighted by atomic mass is 9.94. The summed E-state index contributed by atoms with van der Waals surface area (Å²) < 4.78 is 38.1. The average Bonchev–Trinajstić information content (AvgIpc) is 2.15. The Labute approximate surface area is 98.4 Å². The van der Waals surface area contributed by atoms with Crippen molar-refractivity contribution in [1.82, 2.24) is 0 Å². The van der Waals surface area contributed by atoms with Crippen molar-refractivity contribution in [3.8, 4) is 0 Å². The molecule has 94 valence electrons. The van der Waals surface area contributed by atoms with Gasteiger partial charge in [0.2, 0.25) is 0 Å². The summed E-state index contributed by atoms with van der Waals surface area (Å²) in [6.07, 6.45) is -4.41. The van der Waals surface area contributed by atoms with E-state index in [1.165, 1.54) is 18.2 Å². The summed E-state index contributed by atoms with van der Waals surface area (Å²) in [5.74, 6) is 0.0502. The lowest BCUT2D eigenvalue weighted by molar-refractivity contribution is -0.136. The minimum absolute atomic E-state index is 0.0502. The molecule has 0 aromatic heterocycles. The van der Waals surface area contributed by atoms with Gasteiger partial charge in [0.1, 0.15) is 5.84 Å². The highest BCUT2D eigenvalue weighted by molar-refractivity contribution is 5.97. The molecule has 0 fully saturated rings. The number of para-hydroxylation sites is 1. The van der Waals surface area contributed by atoms with Crippen molar-refractivity contribution >= 4 is 11.5 Å². The zero-order chi connectivity index (χ0) is 13.3. The number of halogens is 3. The molecule has 0 saturated heterocycles. The molecule has 0 saturated carbocycles. The molecule has 17 heavy (non-hydrogen) atoms. The van der Waals surface area contributed by atoms with Crippen LogP contribution in [0.15, 0.2) is 24.3 Å². The van der Waals surface area contributed by atoms with Crippen LogP contribution in [-0.4, -0.2) is 5.84 Å². The molecule has 0 aliphatic rings. The Kier molecular flexibility index (Phi) is 3.50. The smallest absolute Gasteiger partial charge is 0.343 e. The molecule has 0 atom stereocenters. The normalized spacial score (nSPS) is 12.4. The van der Waals surface area contributed by atoms with E-state index in [1.54, 1.807) is 20.8 Å². The first kappa shape index (κ1) is 13.5. The number of hydrogen-bond acceptors (Lipinski definition) is 1. The van der Waals surface area contributed by atoms with Gasteiger partial charge in [-0.3, -0.25) is 5.41 Å². The van der Waals surface area contributed by atoms with E-state index in [4.69, 9.17) is 5.41 Å². The Morgan fingerprint density at radius 1 is 1.12 bits per heavy atom. The first-order valence-electron chi connectivity index (χ1n) is 5.14. The molecule has 0 heterocycles.